The number of nitrogens with zero attached hydrogens (tertiary/aromatic N) is 2. The second kappa shape index (κ2) is 6.75. The average Bonchev–Trinajstić information content (AvgIpc) is 2.61. The molecule has 8 heteroatoms. The second-order valence-electron chi connectivity index (χ2n) is 5.05. The summed E-state index contributed by atoms with van der Waals surface area (Å²) in [5.74, 6) is -1.73. The number of carbonyl (C=O) groups excluding carboxylic acids is 2. The molecule has 1 aromatic heterocycles. The fraction of sp³-hybridized carbons (Fsp3) is 0. The van der Waals surface area contributed by atoms with Crippen molar-refractivity contribution in [2.24, 2.45) is 0 Å². The minimum atomic E-state index is -1.11. The fourth-order valence-corrected chi connectivity index (χ4v) is 2.17. The molecule has 1 heterocycles. The van der Waals surface area contributed by atoms with Gasteiger partial charge in [0.2, 0.25) is 0 Å². The number of fused-ring (bicyclic) bond motifs is 1. The van der Waals surface area contributed by atoms with Crippen LogP contribution in [0.3, 0.4) is 0 Å². The van der Waals surface area contributed by atoms with Crippen LogP contribution in [0.5, 0.6) is 0 Å². The molecule has 0 bridgehead atoms. The van der Waals surface area contributed by atoms with E-state index in [1.807, 2.05) is 0 Å². The molecule has 0 radical (unpaired) electrons. The lowest BCUT2D eigenvalue weighted by molar-refractivity contribution is 0.0696. The zero-order valence-electron chi connectivity index (χ0n) is 12.8. The first-order chi connectivity index (χ1) is 12.0. The SMILES string of the molecule is O=C(NC(=O)c1ccc2nccnc2c1)Nc1cccc(C(=O)O)c1. The van der Waals surface area contributed by atoms with Gasteiger partial charge in [-0.25, -0.2) is 9.59 Å². The van der Waals surface area contributed by atoms with Crippen LogP contribution in [0.15, 0.2) is 54.9 Å². The maximum absolute atomic E-state index is 12.1. The number of amides is 3. The van der Waals surface area contributed by atoms with Crippen LogP contribution < -0.4 is 10.6 Å². The number of carboxylic acids is 1. The Bertz CT molecular complexity index is 987. The van der Waals surface area contributed by atoms with E-state index >= 15 is 0 Å². The Morgan fingerprint density at radius 1 is 0.880 bits per heavy atom. The van der Waals surface area contributed by atoms with Crippen LogP contribution in [0.2, 0.25) is 0 Å². The van der Waals surface area contributed by atoms with Crippen molar-refractivity contribution in [2.75, 3.05) is 5.32 Å². The molecule has 3 amide bonds. The molecular formula is C17H12N4O4. The number of aromatic carboxylic acids is 1. The molecule has 0 atom stereocenters. The Balaban J connectivity index is 1.70. The van der Waals surface area contributed by atoms with Crippen LogP contribution in [0, 0.1) is 0 Å². The maximum Gasteiger partial charge on any atom is 0.335 e. The molecular weight excluding hydrogens is 324 g/mol. The van der Waals surface area contributed by atoms with E-state index in [9.17, 15) is 14.4 Å². The summed E-state index contributed by atoms with van der Waals surface area (Å²) >= 11 is 0. The van der Waals surface area contributed by atoms with E-state index in [4.69, 9.17) is 5.11 Å². The van der Waals surface area contributed by atoms with Gasteiger partial charge in [0.05, 0.1) is 16.6 Å². The lowest BCUT2D eigenvalue weighted by Crippen LogP contribution is -2.34. The van der Waals surface area contributed by atoms with Gasteiger partial charge in [0.25, 0.3) is 5.91 Å². The summed E-state index contributed by atoms with van der Waals surface area (Å²) in [5.41, 5.74) is 1.70. The second-order valence-corrected chi connectivity index (χ2v) is 5.05. The van der Waals surface area contributed by atoms with Gasteiger partial charge >= 0.3 is 12.0 Å². The molecule has 0 saturated carbocycles. The highest BCUT2D eigenvalue weighted by molar-refractivity contribution is 6.09. The van der Waals surface area contributed by atoms with E-state index in [1.165, 1.54) is 42.6 Å². The van der Waals surface area contributed by atoms with E-state index < -0.39 is 17.9 Å². The summed E-state index contributed by atoms with van der Waals surface area (Å²) in [4.78, 5) is 43.2. The Morgan fingerprint density at radius 3 is 2.40 bits per heavy atom. The van der Waals surface area contributed by atoms with Crippen LogP contribution in [0.4, 0.5) is 10.5 Å². The van der Waals surface area contributed by atoms with Gasteiger partial charge in [-0.15, -0.1) is 0 Å². The van der Waals surface area contributed by atoms with Gasteiger partial charge in [0, 0.05) is 23.6 Å². The van der Waals surface area contributed by atoms with Crippen LogP contribution in [0.1, 0.15) is 20.7 Å². The van der Waals surface area contributed by atoms with Gasteiger partial charge in [-0.05, 0) is 36.4 Å². The highest BCUT2D eigenvalue weighted by Gasteiger charge is 2.12. The zero-order valence-corrected chi connectivity index (χ0v) is 12.8. The van der Waals surface area contributed by atoms with Gasteiger partial charge in [0.15, 0.2) is 0 Å². The number of imide groups is 1. The summed E-state index contributed by atoms with van der Waals surface area (Å²) in [6.07, 6.45) is 3.05. The highest BCUT2D eigenvalue weighted by atomic mass is 16.4. The number of rotatable bonds is 3. The lowest BCUT2D eigenvalue weighted by Gasteiger charge is -2.08. The van der Waals surface area contributed by atoms with Crippen molar-refractivity contribution in [1.29, 1.82) is 0 Å². The number of anilines is 1. The molecule has 124 valence electrons. The molecule has 0 spiro atoms. The minimum Gasteiger partial charge on any atom is -0.478 e. The number of aromatic nitrogens is 2. The third-order valence-corrected chi connectivity index (χ3v) is 3.33. The molecule has 3 rings (SSSR count). The molecule has 2 aromatic carbocycles. The molecule has 0 aliphatic rings. The number of hydrogen-bond donors (Lipinski definition) is 3. The van der Waals surface area contributed by atoms with Gasteiger partial charge in [-0.3, -0.25) is 20.1 Å². The minimum absolute atomic E-state index is 0.0252. The number of hydrogen-bond acceptors (Lipinski definition) is 5. The summed E-state index contributed by atoms with van der Waals surface area (Å²) in [6, 6.07) is 9.61. The van der Waals surface area contributed by atoms with E-state index in [1.54, 1.807) is 12.3 Å². The Hall–Kier alpha value is -3.81. The fourth-order valence-electron chi connectivity index (χ4n) is 2.17. The predicted molar refractivity (Wildman–Crippen MR) is 89.4 cm³/mol. The number of urea groups is 1. The Morgan fingerprint density at radius 2 is 1.64 bits per heavy atom. The smallest absolute Gasteiger partial charge is 0.335 e. The van der Waals surface area contributed by atoms with Crippen molar-refractivity contribution in [1.82, 2.24) is 15.3 Å². The maximum atomic E-state index is 12.1. The number of carbonyl (C=O) groups is 3. The van der Waals surface area contributed by atoms with Crippen LogP contribution >= 0.6 is 0 Å². The van der Waals surface area contributed by atoms with Gasteiger partial charge in [-0.2, -0.15) is 0 Å². The number of carboxylic acid groups (broad SMARTS) is 1. The molecule has 3 aromatic rings. The van der Waals surface area contributed by atoms with Crippen LogP contribution in [-0.2, 0) is 0 Å². The van der Waals surface area contributed by atoms with Crippen molar-refractivity contribution >= 4 is 34.6 Å². The summed E-state index contributed by atoms with van der Waals surface area (Å²) in [5, 5.41) is 13.5. The number of nitrogens with one attached hydrogen (secondary N) is 2. The molecule has 8 nitrogen and oxygen atoms in total. The van der Waals surface area contributed by atoms with Gasteiger partial charge in [-0.1, -0.05) is 6.07 Å². The van der Waals surface area contributed by atoms with Crippen molar-refractivity contribution in [3.05, 3.63) is 66.0 Å². The first kappa shape index (κ1) is 16.1. The molecule has 0 aliphatic carbocycles. The average molecular weight is 336 g/mol. The largest absolute Gasteiger partial charge is 0.478 e. The Labute approximate surface area is 141 Å². The zero-order chi connectivity index (χ0) is 17.8. The number of benzene rings is 2. The monoisotopic (exact) mass is 336 g/mol. The third-order valence-electron chi connectivity index (χ3n) is 3.33. The first-order valence-corrected chi connectivity index (χ1v) is 7.19. The summed E-state index contributed by atoms with van der Waals surface area (Å²) in [7, 11) is 0. The lowest BCUT2D eigenvalue weighted by atomic mass is 10.2. The Kier molecular flexibility index (Phi) is 4.34. The first-order valence-electron chi connectivity index (χ1n) is 7.19. The van der Waals surface area contributed by atoms with E-state index in [0.29, 0.717) is 11.0 Å². The van der Waals surface area contributed by atoms with Crippen molar-refractivity contribution in [2.45, 2.75) is 0 Å². The highest BCUT2D eigenvalue weighted by Crippen LogP contribution is 2.12. The van der Waals surface area contributed by atoms with E-state index in [0.717, 1.165) is 0 Å². The topological polar surface area (TPSA) is 121 Å². The quantitative estimate of drug-likeness (QED) is 0.674. The molecule has 0 fully saturated rings. The van der Waals surface area contributed by atoms with Crippen molar-refractivity contribution < 1.29 is 19.5 Å². The standard InChI is InChI=1S/C17H12N4O4/c22-15(10-4-5-13-14(9-10)19-7-6-18-13)21-17(25)20-12-3-1-2-11(8-12)16(23)24/h1-9H,(H,23,24)(H2,20,21,22,25). The van der Waals surface area contributed by atoms with Crippen LogP contribution in [-0.4, -0.2) is 33.0 Å². The van der Waals surface area contributed by atoms with E-state index in [2.05, 4.69) is 20.6 Å². The van der Waals surface area contributed by atoms with Gasteiger partial charge in [0.1, 0.15) is 0 Å². The normalized spacial score (nSPS) is 10.2. The van der Waals surface area contributed by atoms with Crippen LogP contribution in [0.25, 0.3) is 11.0 Å². The third kappa shape index (κ3) is 3.75. The summed E-state index contributed by atoms with van der Waals surface area (Å²) < 4.78 is 0. The molecule has 0 aliphatic heterocycles. The molecule has 0 saturated heterocycles. The molecule has 25 heavy (non-hydrogen) atoms. The molecule has 0 unspecified atom stereocenters. The van der Waals surface area contributed by atoms with Gasteiger partial charge < -0.3 is 10.4 Å². The van der Waals surface area contributed by atoms with Crippen molar-refractivity contribution in [3.8, 4) is 0 Å². The van der Waals surface area contributed by atoms with Crippen molar-refractivity contribution in [3.63, 3.8) is 0 Å². The predicted octanol–water partition coefficient (Wildman–Crippen LogP) is 2.29. The molecule has 3 N–H and O–H groups in total. The summed E-state index contributed by atoms with van der Waals surface area (Å²) in [6.45, 7) is 0. The van der Waals surface area contributed by atoms with E-state index in [-0.39, 0.29) is 16.8 Å².